The largest absolute Gasteiger partial charge is 0.508 e. The molecule has 0 amide bonds. The molecule has 2 nitrogen and oxygen atoms in total. The smallest absolute Gasteiger partial charge is 0.115 e. The second kappa shape index (κ2) is 4.52. The molecule has 2 heteroatoms. The predicted molar refractivity (Wildman–Crippen MR) is 75.8 cm³/mol. The summed E-state index contributed by atoms with van der Waals surface area (Å²) in [7, 11) is 0. The SMILES string of the molecule is Oc1cccc(CN2C[C@@H]3C4CCC(CC4)[C@@H]3C2)c1. The summed E-state index contributed by atoms with van der Waals surface area (Å²) in [5, 5.41) is 9.57. The van der Waals surface area contributed by atoms with Crippen molar-refractivity contribution < 1.29 is 5.11 Å². The summed E-state index contributed by atoms with van der Waals surface area (Å²) in [6.07, 6.45) is 5.97. The molecule has 3 aliphatic carbocycles. The minimum atomic E-state index is 0.397. The molecule has 3 saturated carbocycles. The van der Waals surface area contributed by atoms with Gasteiger partial charge in [-0.1, -0.05) is 12.1 Å². The van der Waals surface area contributed by atoms with Gasteiger partial charge < -0.3 is 5.11 Å². The van der Waals surface area contributed by atoms with E-state index in [1.807, 2.05) is 12.1 Å². The molecule has 19 heavy (non-hydrogen) atoms. The van der Waals surface area contributed by atoms with Crippen LogP contribution in [0.4, 0.5) is 0 Å². The number of likely N-dealkylation sites (tertiary alicyclic amines) is 1. The Bertz CT molecular complexity index is 444. The zero-order valence-electron chi connectivity index (χ0n) is 11.5. The van der Waals surface area contributed by atoms with Crippen LogP contribution in [-0.4, -0.2) is 23.1 Å². The summed E-state index contributed by atoms with van der Waals surface area (Å²) in [6.45, 7) is 3.60. The first kappa shape index (κ1) is 11.8. The van der Waals surface area contributed by atoms with Crippen LogP contribution in [0.1, 0.15) is 31.2 Å². The van der Waals surface area contributed by atoms with Gasteiger partial charge in [0.15, 0.2) is 0 Å². The van der Waals surface area contributed by atoms with E-state index in [2.05, 4.69) is 11.0 Å². The summed E-state index contributed by atoms with van der Waals surface area (Å²) in [6, 6.07) is 7.76. The van der Waals surface area contributed by atoms with Gasteiger partial charge in [-0.15, -0.1) is 0 Å². The van der Waals surface area contributed by atoms with Crippen LogP contribution in [-0.2, 0) is 6.54 Å². The molecule has 0 unspecified atom stereocenters. The highest BCUT2D eigenvalue weighted by molar-refractivity contribution is 5.27. The third kappa shape index (κ3) is 2.06. The fourth-order valence-corrected chi connectivity index (χ4v) is 4.98. The number of benzene rings is 1. The Morgan fingerprint density at radius 3 is 2.21 bits per heavy atom. The molecule has 0 spiro atoms. The molecule has 1 saturated heterocycles. The van der Waals surface area contributed by atoms with Crippen LogP contribution in [0.3, 0.4) is 0 Å². The molecule has 1 aromatic rings. The van der Waals surface area contributed by atoms with Gasteiger partial charge in [0, 0.05) is 19.6 Å². The fourth-order valence-electron chi connectivity index (χ4n) is 4.98. The van der Waals surface area contributed by atoms with Crippen LogP contribution >= 0.6 is 0 Å². The van der Waals surface area contributed by atoms with Crippen LogP contribution < -0.4 is 0 Å². The second-order valence-electron chi connectivity index (χ2n) is 6.87. The van der Waals surface area contributed by atoms with Crippen molar-refractivity contribution in [3.63, 3.8) is 0 Å². The van der Waals surface area contributed by atoms with Crippen LogP contribution in [0.25, 0.3) is 0 Å². The van der Waals surface area contributed by atoms with Crippen molar-refractivity contribution in [3.8, 4) is 5.75 Å². The molecule has 1 aromatic carbocycles. The third-order valence-electron chi connectivity index (χ3n) is 5.83. The number of aromatic hydroxyl groups is 1. The lowest BCUT2D eigenvalue weighted by Gasteiger charge is -2.45. The molecular weight excluding hydrogens is 234 g/mol. The summed E-state index contributed by atoms with van der Waals surface area (Å²) in [5.41, 5.74) is 1.26. The predicted octanol–water partition coefficient (Wildman–Crippen LogP) is 3.26. The lowest BCUT2D eigenvalue weighted by molar-refractivity contribution is 0.0577. The Morgan fingerprint density at radius 2 is 1.63 bits per heavy atom. The van der Waals surface area contributed by atoms with Gasteiger partial charge in [-0.2, -0.15) is 0 Å². The number of phenolic OH excluding ortho intramolecular Hbond substituents is 1. The van der Waals surface area contributed by atoms with Gasteiger partial charge in [-0.3, -0.25) is 4.90 Å². The fraction of sp³-hybridized carbons (Fsp3) is 0.647. The van der Waals surface area contributed by atoms with Gasteiger partial charge in [0.1, 0.15) is 5.75 Å². The van der Waals surface area contributed by atoms with E-state index in [4.69, 9.17) is 0 Å². The van der Waals surface area contributed by atoms with Crippen molar-refractivity contribution in [2.24, 2.45) is 23.7 Å². The lowest BCUT2D eigenvalue weighted by atomic mass is 9.60. The van der Waals surface area contributed by atoms with Crippen LogP contribution in [0.5, 0.6) is 5.75 Å². The molecule has 102 valence electrons. The maximum Gasteiger partial charge on any atom is 0.115 e. The number of phenols is 1. The Hall–Kier alpha value is -1.02. The maximum absolute atomic E-state index is 9.57. The Morgan fingerprint density at radius 1 is 1.00 bits per heavy atom. The highest BCUT2D eigenvalue weighted by atomic mass is 16.3. The van der Waals surface area contributed by atoms with Crippen molar-refractivity contribution in [1.29, 1.82) is 0 Å². The molecule has 4 aliphatic rings. The zero-order chi connectivity index (χ0) is 12.8. The average molecular weight is 257 g/mol. The van der Waals surface area contributed by atoms with E-state index in [-0.39, 0.29) is 0 Å². The summed E-state index contributed by atoms with van der Waals surface area (Å²) >= 11 is 0. The molecule has 0 radical (unpaired) electrons. The molecule has 2 bridgehead atoms. The van der Waals surface area contributed by atoms with Crippen molar-refractivity contribution in [3.05, 3.63) is 29.8 Å². The average Bonchev–Trinajstić information content (AvgIpc) is 2.85. The van der Waals surface area contributed by atoms with E-state index in [9.17, 15) is 5.11 Å². The Balaban J connectivity index is 1.47. The van der Waals surface area contributed by atoms with Gasteiger partial charge in [-0.25, -0.2) is 0 Å². The molecule has 0 aromatic heterocycles. The first-order valence-corrected chi connectivity index (χ1v) is 7.80. The van der Waals surface area contributed by atoms with Crippen LogP contribution in [0, 0.1) is 23.7 Å². The molecule has 1 N–H and O–H groups in total. The highest BCUT2D eigenvalue weighted by Crippen LogP contribution is 2.51. The molecule has 5 rings (SSSR count). The topological polar surface area (TPSA) is 23.5 Å². The number of nitrogens with zero attached hydrogens (tertiary/aromatic N) is 1. The van der Waals surface area contributed by atoms with E-state index >= 15 is 0 Å². The van der Waals surface area contributed by atoms with Gasteiger partial charge >= 0.3 is 0 Å². The van der Waals surface area contributed by atoms with E-state index in [0.29, 0.717) is 5.75 Å². The third-order valence-corrected chi connectivity index (χ3v) is 5.83. The minimum absolute atomic E-state index is 0.397. The van der Waals surface area contributed by atoms with Gasteiger partial charge in [0.05, 0.1) is 0 Å². The van der Waals surface area contributed by atoms with E-state index in [0.717, 1.165) is 30.2 Å². The van der Waals surface area contributed by atoms with Crippen LogP contribution in [0.15, 0.2) is 24.3 Å². The summed E-state index contributed by atoms with van der Waals surface area (Å²) in [5.74, 6) is 4.39. The van der Waals surface area contributed by atoms with Gasteiger partial charge in [0.2, 0.25) is 0 Å². The second-order valence-corrected chi connectivity index (χ2v) is 6.87. The monoisotopic (exact) mass is 257 g/mol. The first-order valence-electron chi connectivity index (χ1n) is 7.80. The van der Waals surface area contributed by atoms with E-state index in [1.165, 1.54) is 44.3 Å². The maximum atomic E-state index is 9.57. The van der Waals surface area contributed by atoms with Gasteiger partial charge in [0.25, 0.3) is 0 Å². The molecule has 1 aliphatic heterocycles. The zero-order valence-corrected chi connectivity index (χ0v) is 11.5. The first-order chi connectivity index (χ1) is 9.29. The molecular formula is C17H23NO. The Labute approximate surface area is 115 Å². The van der Waals surface area contributed by atoms with Crippen molar-refractivity contribution in [2.75, 3.05) is 13.1 Å². The minimum Gasteiger partial charge on any atom is -0.508 e. The van der Waals surface area contributed by atoms with Crippen molar-refractivity contribution in [2.45, 2.75) is 32.2 Å². The van der Waals surface area contributed by atoms with E-state index in [1.54, 1.807) is 6.07 Å². The van der Waals surface area contributed by atoms with Crippen molar-refractivity contribution in [1.82, 2.24) is 4.90 Å². The normalized spacial score (nSPS) is 37.5. The van der Waals surface area contributed by atoms with Crippen LogP contribution in [0.2, 0.25) is 0 Å². The molecule has 1 heterocycles. The molecule has 4 fully saturated rings. The van der Waals surface area contributed by atoms with E-state index < -0.39 is 0 Å². The summed E-state index contributed by atoms with van der Waals surface area (Å²) in [4.78, 5) is 2.63. The number of rotatable bonds is 2. The number of hydrogen-bond donors (Lipinski definition) is 1. The Kier molecular flexibility index (Phi) is 2.80. The number of fused-ring (bicyclic) bond motifs is 2. The quantitative estimate of drug-likeness (QED) is 0.879. The van der Waals surface area contributed by atoms with Gasteiger partial charge in [-0.05, 0) is 67.1 Å². The highest BCUT2D eigenvalue weighted by Gasteiger charge is 2.47. The summed E-state index contributed by atoms with van der Waals surface area (Å²) < 4.78 is 0. The molecule has 2 atom stereocenters. The van der Waals surface area contributed by atoms with Crippen molar-refractivity contribution >= 4 is 0 Å². The lowest BCUT2D eigenvalue weighted by Crippen LogP contribution is -2.38. The number of hydrogen-bond acceptors (Lipinski definition) is 2. The standard InChI is InChI=1S/C17H23NO/c19-15-3-1-2-12(8-15)9-18-10-16-13-4-5-14(7-6-13)17(16)11-18/h1-3,8,13-14,16-17,19H,4-7,9-11H2/t13?,14?,16-,17+.